The number of halogens is 1. The van der Waals surface area contributed by atoms with Gasteiger partial charge in [0.2, 0.25) is 5.91 Å². The Hall–Kier alpha value is -1.36. The molecular formula is C18H22BrNO3. The Bertz CT molecular complexity index is 669. The number of carbonyl (C=O) groups excluding carboxylic acids is 2. The monoisotopic (exact) mass is 379 g/mol. The normalized spacial score (nSPS) is 34.5. The van der Waals surface area contributed by atoms with Crippen molar-refractivity contribution in [2.75, 3.05) is 12.4 Å². The minimum atomic E-state index is -0.710. The maximum absolute atomic E-state index is 13.1. The Morgan fingerprint density at radius 1 is 1.22 bits per heavy atom. The van der Waals surface area contributed by atoms with Crippen LogP contribution in [0.2, 0.25) is 0 Å². The predicted octanol–water partition coefficient (Wildman–Crippen LogP) is 3.79. The average molecular weight is 380 g/mol. The number of ether oxygens (including phenoxy) is 1. The van der Waals surface area contributed by atoms with E-state index in [0.717, 1.165) is 18.6 Å². The minimum absolute atomic E-state index is 0.0795. The van der Waals surface area contributed by atoms with Gasteiger partial charge in [0.05, 0.1) is 17.4 Å². The number of ketones is 1. The highest BCUT2D eigenvalue weighted by Gasteiger charge is 2.76. The van der Waals surface area contributed by atoms with Crippen LogP contribution < -0.4 is 10.1 Å². The van der Waals surface area contributed by atoms with Crippen LogP contribution in [0.4, 0.5) is 5.69 Å². The molecule has 2 bridgehead atoms. The van der Waals surface area contributed by atoms with Gasteiger partial charge in [-0.25, -0.2) is 0 Å². The molecule has 2 saturated carbocycles. The molecule has 0 spiro atoms. The Morgan fingerprint density at radius 3 is 2.30 bits per heavy atom. The number of benzene rings is 1. The first kappa shape index (κ1) is 16.5. The number of fused-ring (bicyclic) bond motifs is 2. The van der Waals surface area contributed by atoms with Gasteiger partial charge in [-0.1, -0.05) is 36.7 Å². The van der Waals surface area contributed by atoms with Crippen LogP contribution in [0.25, 0.3) is 0 Å². The van der Waals surface area contributed by atoms with Crippen molar-refractivity contribution in [2.24, 2.45) is 16.2 Å². The van der Waals surface area contributed by atoms with E-state index in [4.69, 9.17) is 4.74 Å². The van der Waals surface area contributed by atoms with E-state index in [1.165, 1.54) is 0 Å². The molecule has 0 radical (unpaired) electrons. The van der Waals surface area contributed by atoms with Gasteiger partial charge in [-0.3, -0.25) is 9.59 Å². The molecule has 4 nitrogen and oxygen atoms in total. The van der Waals surface area contributed by atoms with Gasteiger partial charge in [-0.2, -0.15) is 0 Å². The number of nitrogens with one attached hydrogen (secondary N) is 1. The molecule has 2 unspecified atom stereocenters. The standard InChI is InChI=1S/C18H22BrNO3/c1-16(2)17(3)9-10-18(16,13(19)14(17)21)15(22)20-11-5-7-12(23-4)8-6-11/h5-8,13H,9-10H2,1-4H3,(H,20,22)/t13-,17?,18?/m1/s1. The Labute approximate surface area is 145 Å². The molecular weight excluding hydrogens is 358 g/mol. The van der Waals surface area contributed by atoms with Crippen molar-refractivity contribution in [3.05, 3.63) is 24.3 Å². The number of Topliss-reactive ketones (excluding diaryl/α,β-unsaturated/α-hetero) is 1. The lowest BCUT2D eigenvalue weighted by molar-refractivity contribution is -0.130. The summed E-state index contributed by atoms with van der Waals surface area (Å²) in [4.78, 5) is 25.4. The van der Waals surface area contributed by atoms with Gasteiger partial charge < -0.3 is 10.1 Å². The molecule has 2 aliphatic carbocycles. The Morgan fingerprint density at radius 2 is 1.83 bits per heavy atom. The zero-order valence-electron chi connectivity index (χ0n) is 13.9. The summed E-state index contributed by atoms with van der Waals surface area (Å²) >= 11 is 3.54. The summed E-state index contributed by atoms with van der Waals surface area (Å²) in [5.74, 6) is 0.812. The lowest BCUT2D eigenvalue weighted by atomic mass is 9.64. The number of amides is 1. The summed E-state index contributed by atoms with van der Waals surface area (Å²) < 4.78 is 5.13. The minimum Gasteiger partial charge on any atom is -0.497 e. The van der Waals surface area contributed by atoms with Gasteiger partial charge in [-0.05, 0) is 42.5 Å². The highest BCUT2D eigenvalue weighted by atomic mass is 79.9. The number of hydrogen-bond donors (Lipinski definition) is 1. The molecule has 124 valence electrons. The van der Waals surface area contributed by atoms with Gasteiger partial charge >= 0.3 is 0 Å². The fourth-order valence-corrected chi connectivity index (χ4v) is 5.89. The predicted molar refractivity (Wildman–Crippen MR) is 92.9 cm³/mol. The van der Waals surface area contributed by atoms with Crippen LogP contribution in [0.1, 0.15) is 33.6 Å². The first-order valence-electron chi connectivity index (χ1n) is 7.84. The number of hydrogen-bond acceptors (Lipinski definition) is 3. The van der Waals surface area contributed by atoms with Crippen LogP contribution in [-0.2, 0) is 9.59 Å². The fraction of sp³-hybridized carbons (Fsp3) is 0.556. The lowest BCUT2D eigenvalue weighted by Gasteiger charge is -2.39. The maximum atomic E-state index is 13.1. The second kappa shape index (κ2) is 5.07. The third kappa shape index (κ3) is 1.89. The van der Waals surface area contributed by atoms with E-state index in [1.807, 2.05) is 45.0 Å². The van der Waals surface area contributed by atoms with E-state index in [2.05, 4.69) is 21.2 Å². The summed E-state index contributed by atoms with van der Waals surface area (Å²) in [6.07, 6.45) is 1.48. The van der Waals surface area contributed by atoms with Gasteiger partial charge in [0, 0.05) is 11.1 Å². The van der Waals surface area contributed by atoms with Crippen molar-refractivity contribution >= 4 is 33.3 Å². The number of carbonyl (C=O) groups is 2. The van der Waals surface area contributed by atoms with Crippen LogP contribution in [0, 0.1) is 16.2 Å². The van der Waals surface area contributed by atoms with Crippen LogP contribution in [-0.4, -0.2) is 23.6 Å². The Balaban J connectivity index is 1.93. The van der Waals surface area contributed by atoms with E-state index < -0.39 is 15.7 Å². The first-order chi connectivity index (χ1) is 10.7. The van der Waals surface area contributed by atoms with E-state index in [1.54, 1.807) is 7.11 Å². The summed E-state index contributed by atoms with van der Waals surface area (Å²) in [5, 5.41) is 3.00. The smallest absolute Gasteiger partial charge is 0.232 e. The number of methoxy groups -OCH3 is 1. The van der Waals surface area contributed by atoms with E-state index in [0.29, 0.717) is 5.69 Å². The third-order valence-electron chi connectivity index (χ3n) is 6.47. The van der Waals surface area contributed by atoms with Crippen molar-refractivity contribution in [1.29, 1.82) is 0 Å². The molecule has 0 heterocycles. The summed E-state index contributed by atoms with van der Waals surface area (Å²) in [6, 6.07) is 7.24. The second-order valence-electron chi connectivity index (χ2n) is 7.34. The maximum Gasteiger partial charge on any atom is 0.232 e. The zero-order valence-corrected chi connectivity index (χ0v) is 15.5. The van der Waals surface area contributed by atoms with Gasteiger partial charge in [0.25, 0.3) is 0 Å². The quantitative estimate of drug-likeness (QED) is 0.812. The molecule has 2 fully saturated rings. The van der Waals surface area contributed by atoms with Gasteiger partial charge in [0.1, 0.15) is 5.75 Å². The van der Waals surface area contributed by atoms with Crippen molar-refractivity contribution in [3.63, 3.8) is 0 Å². The molecule has 3 rings (SSSR count). The molecule has 5 heteroatoms. The van der Waals surface area contributed by atoms with Crippen molar-refractivity contribution in [3.8, 4) is 5.75 Å². The molecule has 2 aliphatic rings. The molecule has 1 N–H and O–H groups in total. The summed E-state index contributed by atoms with van der Waals surface area (Å²) in [5.41, 5.74) is -0.826. The highest BCUT2D eigenvalue weighted by Crippen LogP contribution is 2.72. The lowest BCUT2D eigenvalue weighted by Crippen LogP contribution is -2.47. The summed E-state index contributed by atoms with van der Waals surface area (Å²) in [6.45, 7) is 6.10. The fourth-order valence-electron chi connectivity index (χ4n) is 4.37. The summed E-state index contributed by atoms with van der Waals surface area (Å²) in [7, 11) is 1.61. The number of rotatable bonds is 3. The SMILES string of the molecule is COc1ccc(NC(=O)C23CCC(C)(C(=O)[C@H]2Br)C3(C)C)cc1. The molecule has 0 saturated heterocycles. The van der Waals surface area contributed by atoms with E-state index >= 15 is 0 Å². The largest absolute Gasteiger partial charge is 0.497 e. The molecule has 0 aliphatic heterocycles. The van der Waals surface area contributed by atoms with Crippen molar-refractivity contribution in [1.82, 2.24) is 0 Å². The second-order valence-corrected chi connectivity index (χ2v) is 8.25. The van der Waals surface area contributed by atoms with Crippen LogP contribution in [0.15, 0.2) is 24.3 Å². The average Bonchev–Trinajstić information content (AvgIpc) is 2.80. The third-order valence-corrected chi connectivity index (χ3v) is 7.67. The molecule has 3 atom stereocenters. The number of alkyl halides is 1. The van der Waals surface area contributed by atoms with Gasteiger partial charge in [-0.15, -0.1) is 0 Å². The molecule has 1 amide bonds. The van der Waals surface area contributed by atoms with Gasteiger partial charge in [0.15, 0.2) is 5.78 Å². The highest BCUT2D eigenvalue weighted by molar-refractivity contribution is 9.10. The molecule has 1 aromatic rings. The van der Waals surface area contributed by atoms with Crippen molar-refractivity contribution < 1.29 is 14.3 Å². The van der Waals surface area contributed by atoms with Crippen LogP contribution >= 0.6 is 15.9 Å². The Kier molecular flexibility index (Phi) is 3.63. The molecule has 1 aromatic carbocycles. The zero-order chi connectivity index (χ0) is 17.0. The van der Waals surface area contributed by atoms with E-state index in [-0.39, 0.29) is 17.1 Å². The molecule has 0 aromatic heterocycles. The van der Waals surface area contributed by atoms with Crippen molar-refractivity contribution in [2.45, 2.75) is 38.4 Å². The molecule has 23 heavy (non-hydrogen) atoms. The van der Waals surface area contributed by atoms with Crippen LogP contribution in [0.3, 0.4) is 0 Å². The van der Waals surface area contributed by atoms with E-state index in [9.17, 15) is 9.59 Å². The van der Waals surface area contributed by atoms with Crippen LogP contribution in [0.5, 0.6) is 5.75 Å². The first-order valence-corrected chi connectivity index (χ1v) is 8.76. The topological polar surface area (TPSA) is 55.4 Å². The number of anilines is 1.